The Balaban J connectivity index is 2.78. The van der Waals surface area contributed by atoms with Gasteiger partial charge in [-0.1, -0.05) is 25.4 Å². The second kappa shape index (κ2) is 6.54. The Bertz CT molecular complexity index is 423. The molecule has 1 aromatic heterocycles. The second-order valence-corrected chi connectivity index (χ2v) is 4.79. The van der Waals surface area contributed by atoms with E-state index < -0.39 is 0 Å². The van der Waals surface area contributed by atoms with Gasteiger partial charge in [0.15, 0.2) is 0 Å². The van der Waals surface area contributed by atoms with Crippen LogP contribution in [0.25, 0.3) is 0 Å². The van der Waals surface area contributed by atoms with Gasteiger partial charge in [0.2, 0.25) is 5.91 Å². The Hall–Kier alpha value is -1.36. The molecule has 0 aliphatic rings. The molecule has 0 atom stereocenters. The van der Waals surface area contributed by atoms with Gasteiger partial charge in [0.05, 0.1) is 0 Å². The van der Waals surface area contributed by atoms with Gasteiger partial charge < -0.3 is 10.2 Å². The highest BCUT2D eigenvalue weighted by molar-refractivity contribution is 6.29. The van der Waals surface area contributed by atoms with E-state index in [1.807, 2.05) is 25.8 Å². The summed E-state index contributed by atoms with van der Waals surface area (Å²) < 4.78 is 0. The number of carbonyl (C=O) groups excluding carboxylic acids is 1. The summed E-state index contributed by atoms with van der Waals surface area (Å²) in [5, 5.41) is 3.01. The summed E-state index contributed by atoms with van der Waals surface area (Å²) in [5.74, 6) is 1.67. The minimum absolute atomic E-state index is 0.00564. The van der Waals surface area contributed by atoms with Crippen LogP contribution in [0.5, 0.6) is 0 Å². The summed E-state index contributed by atoms with van der Waals surface area (Å²) in [6.45, 7) is 4.62. The highest BCUT2D eigenvalue weighted by Gasteiger charge is 2.11. The zero-order chi connectivity index (χ0) is 13.7. The lowest BCUT2D eigenvalue weighted by molar-refractivity contribution is -0.120. The summed E-state index contributed by atoms with van der Waals surface area (Å²) in [6.07, 6.45) is 0.422. The van der Waals surface area contributed by atoms with Crippen LogP contribution in [0.2, 0.25) is 5.15 Å². The fourth-order valence-electron chi connectivity index (χ4n) is 1.39. The van der Waals surface area contributed by atoms with E-state index in [1.54, 1.807) is 13.1 Å². The normalized spacial score (nSPS) is 10.6. The Labute approximate surface area is 113 Å². The third kappa shape index (κ3) is 4.14. The molecule has 1 rings (SSSR count). The fourth-order valence-corrected chi connectivity index (χ4v) is 1.57. The molecular weight excluding hydrogens is 252 g/mol. The van der Waals surface area contributed by atoms with Crippen LogP contribution in [0.1, 0.15) is 32.0 Å². The van der Waals surface area contributed by atoms with Crippen LogP contribution in [0.15, 0.2) is 6.07 Å². The summed E-state index contributed by atoms with van der Waals surface area (Å²) >= 11 is 5.97. The van der Waals surface area contributed by atoms with Crippen molar-refractivity contribution < 1.29 is 4.79 Å². The number of hydrogen-bond donors (Lipinski definition) is 1. The largest absolute Gasteiger partial charge is 0.359 e. The van der Waals surface area contributed by atoms with Crippen molar-refractivity contribution in [2.75, 3.05) is 25.5 Å². The lowest BCUT2D eigenvalue weighted by Gasteiger charge is -2.19. The molecule has 0 bridgehead atoms. The zero-order valence-electron chi connectivity index (χ0n) is 11.2. The van der Waals surface area contributed by atoms with Gasteiger partial charge in [-0.05, 0) is 0 Å². The van der Waals surface area contributed by atoms with Gasteiger partial charge in [-0.3, -0.25) is 4.79 Å². The van der Waals surface area contributed by atoms with Gasteiger partial charge >= 0.3 is 0 Å². The van der Waals surface area contributed by atoms with Crippen LogP contribution in [0, 0.1) is 0 Å². The predicted octanol–water partition coefficient (Wildman–Crippen LogP) is 1.83. The molecule has 18 heavy (non-hydrogen) atoms. The van der Waals surface area contributed by atoms with Gasteiger partial charge in [0, 0.05) is 39.0 Å². The number of hydrogen-bond acceptors (Lipinski definition) is 4. The number of aromatic nitrogens is 2. The minimum atomic E-state index is 0.00564. The molecule has 1 heterocycles. The van der Waals surface area contributed by atoms with Gasteiger partial charge in [-0.2, -0.15) is 0 Å². The molecule has 0 unspecified atom stereocenters. The van der Waals surface area contributed by atoms with Crippen molar-refractivity contribution in [2.24, 2.45) is 0 Å². The average Bonchev–Trinajstić information content (AvgIpc) is 2.34. The maximum atomic E-state index is 11.2. The second-order valence-electron chi connectivity index (χ2n) is 4.41. The zero-order valence-corrected chi connectivity index (χ0v) is 12.0. The third-order valence-corrected chi connectivity index (χ3v) is 2.75. The number of carbonyl (C=O) groups is 1. The average molecular weight is 271 g/mol. The quantitative estimate of drug-likeness (QED) is 0.830. The van der Waals surface area contributed by atoms with Crippen molar-refractivity contribution in [3.63, 3.8) is 0 Å². The topological polar surface area (TPSA) is 58.1 Å². The van der Waals surface area contributed by atoms with Gasteiger partial charge in [0.25, 0.3) is 0 Å². The molecule has 1 aromatic rings. The van der Waals surface area contributed by atoms with Crippen LogP contribution < -0.4 is 10.2 Å². The molecule has 0 aliphatic heterocycles. The number of anilines is 1. The first-order chi connectivity index (χ1) is 8.43. The molecule has 1 amide bonds. The van der Waals surface area contributed by atoms with Crippen molar-refractivity contribution in [3.8, 4) is 0 Å². The summed E-state index contributed by atoms with van der Waals surface area (Å²) in [7, 11) is 3.51. The Kier molecular flexibility index (Phi) is 5.34. The molecule has 0 saturated carbocycles. The summed E-state index contributed by atoms with van der Waals surface area (Å²) in [6, 6.07) is 1.71. The van der Waals surface area contributed by atoms with Crippen LogP contribution in [0.3, 0.4) is 0 Å². The number of halogens is 1. The molecule has 5 nitrogen and oxygen atoms in total. The molecule has 0 fully saturated rings. The molecule has 0 radical (unpaired) electrons. The monoisotopic (exact) mass is 270 g/mol. The van der Waals surface area contributed by atoms with Crippen molar-refractivity contribution >= 4 is 23.3 Å². The number of rotatable bonds is 5. The molecule has 1 N–H and O–H groups in total. The molecule has 0 aliphatic carbocycles. The fraction of sp³-hybridized carbons (Fsp3) is 0.583. The number of amides is 1. The Morgan fingerprint density at radius 2 is 2.17 bits per heavy atom. The van der Waals surface area contributed by atoms with Crippen LogP contribution >= 0.6 is 11.6 Å². The van der Waals surface area contributed by atoms with Crippen molar-refractivity contribution in [3.05, 3.63) is 17.0 Å². The van der Waals surface area contributed by atoms with E-state index in [2.05, 4.69) is 15.3 Å². The number of nitrogens with one attached hydrogen (secondary N) is 1. The van der Waals surface area contributed by atoms with E-state index in [1.165, 1.54) is 0 Å². The first-order valence-corrected chi connectivity index (χ1v) is 6.28. The lowest BCUT2D eigenvalue weighted by atomic mass is 10.2. The Morgan fingerprint density at radius 3 is 2.72 bits per heavy atom. The smallest absolute Gasteiger partial charge is 0.221 e. The SMILES string of the molecule is CNC(=O)CCN(C)c1cc(Cl)nc(C(C)C)n1. The first-order valence-electron chi connectivity index (χ1n) is 5.90. The van der Waals surface area contributed by atoms with E-state index in [-0.39, 0.29) is 11.8 Å². The Morgan fingerprint density at radius 1 is 1.50 bits per heavy atom. The van der Waals surface area contributed by atoms with Gasteiger partial charge in [-0.15, -0.1) is 0 Å². The van der Waals surface area contributed by atoms with E-state index in [0.29, 0.717) is 23.9 Å². The van der Waals surface area contributed by atoms with E-state index in [0.717, 1.165) is 5.82 Å². The van der Waals surface area contributed by atoms with E-state index in [4.69, 9.17) is 11.6 Å². The minimum Gasteiger partial charge on any atom is -0.359 e. The highest BCUT2D eigenvalue weighted by atomic mass is 35.5. The van der Waals surface area contributed by atoms with Crippen LogP contribution in [-0.4, -0.2) is 36.5 Å². The molecule has 6 heteroatoms. The molecule has 0 aromatic carbocycles. The van der Waals surface area contributed by atoms with Gasteiger partial charge in [0.1, 0.15) is 16.8 Å². The molecule has 0 spiro atoms. The maximum Gasteiger partial charge on any atom is 0.221 e. The van der Waals surface area contributed by atoms with E-state index >= 15 is 0 Å². The standard InChI is InChI=1S/C12H19ClN4O/c1-8(2)12-15-9(13)7-10(16-12)17(4)6-5-11(18)14-3/h7-8H,5-6H2,1-4H3,(H,14,18). The highest BCUT2D eigenvalue weighted by Crippen LogP contribution is 2.19. The molecular formula is C12H19ClN4O. The molecule has 100 valence electrons. The predicted molar refractivity (Wildman–Crippen MR) is 73.1 cm³/mol. The molecule has 0 saturated heterocycles. The summed E-state index contributed by atoms with van der Waals surface area (Å²) in [4.78, 5) is 21.7. The van der Waals surface area contributed by atoms with Gasteiger partial charge in [-0.25, -0.2) is 9.97 Å². The van der Waals surface area contributed by atoms with E-state index in [9.17, 15) is 4.79 Å². The lowest BCUT2D eigenvalue weighted by Crippen LogP contribution is -2.27. The van der Waals surface area contributed by atoms with Crippen molar-refractivity contribution in [2.45, 2.75) is 26.2 Å². The number of nitrogens with zero attached hydrogens (tertiary/aromatic N) is 3. The summed E-state index contributed by atoms with van der Waals surface area (Å²) in [5.41, 5.74) is 0. The maximum absolute atomic E-state index is 11.2. The van der Waals surface area contributed by atoms with Crippen LogP contribution in [0.4, 0.5) is 5.82 Å². The van der Waals surface area contributed by atoms with Crippen LogP contribution in [-0.2, 0) is 4.79 Å². The third-order valence-electron chi connectivity index (χ3n) is 2.56. The van der Waals surface area contributed by atoms with Crippen molar-refractivity contribution in [1.29, 1.82) is 0 Å². The first kappa shape index (κ1) is 14.7. The van der Waals surface area contributed by atoms with Crippen molar-refractivity contribution in [1.82, 2.24) is 15.3 Å².